The highest BCUT2D eigenvalue weighted by molar-refractivity contribution is 6.25. The Morgan fingerprint density at radius 2 is 0.906 bits per heavy atom. The number of hydrogen-bond acceptors (Lipinski definition) is 8. The fraction of sp³-hybridized carbons (Fsp3) is 0.800. The van der Waals surface area contributed by atoms with Crippen molar-refractivity contribution < 1.29 is 48.6 Å². The zero-order valence-electron chi connectivity index (χ0n) is 20.2. The maximum absolute atomic E-state index is 10.4. The first-order valence-corrected chi connectivity index (χ1v) is 10.3. The fourth-order valence-electron chi connectivity index (χ4n) is 2.15. The van der Waals surface area contributed by atoms with Gasteiger partial charge in [0.1, 0.15) is 12.1 Å². The molecular formula is C20H42N4O8. The molecule has 0 aromatic rings. The largest absolute Gasteiger partial charge is 0.543 e. The average Bonchev–Trinajstić information content (AvgIpc) is 2.61. The highest BCUT2D eigenvalue weighted by Gasteiger charge is 2.13. The predicted octanol–water partition coefficient (Wildman–Crippen LogP) is -2.96. The van der Waals surface area contributed by atoms with Gasteiger partial charge in [-0.25, -0.2) is 0 Å². The third-order valence-corrected chi connectivity index (χ3v) is 3.99. The van der Waals surface area contributed by atoms with E-state index in [4.69, 9.17) is 41.5 Å². The minimum Gasteiger partial charge on any atom is -0.543 e. The van der Waals surface area contributed by atoms with Crippen LogP contribution in [0, 0.1) is 0 Å². The monoisotopic (exact) mass is 466 g/mol. The normalized spacial score (nSPS) is 12.9. The Bertz CT molecular complexity index is 521. The third kappa shape index (κ3) is 29.9. The Morgan fingerprint density at radius 3 is 1.06 bits per heavy atom. The first kappa shape index (κ1) is 34.3. The molecule has 0 heterocycles. The van der Waals surface area contributed by atoms with E-state index in [1.54, 1.807) is 0 Å². The van der Waals surface area contributed by atoms with E-state index < -0.39 is 36.0 Å². The van der Waals surface area contributed by atoms with Crippen LogP contribution < -0.4 is 21.7 Å². The number of nitrogens with zero attached hydrogens (tertiary/aromatic N) is 2. The maximum atomic E-state index is 10.4. The van der Waals surface area contributed by atoms with E-state index in [0.717, 1.165) is 47.7 Å². The summed E-state index contributed by atoms with van der Waals surface area (Å²) in [6, 6.07) is -1.38. The van der Waals surface area contributed by atoms with E-state index in [1.807, 2.05) is 0 Å². The van der Waals surface area contributed by atoms with Crippen LogP contribution >= 0.6 is 0 Å². The number of hydrogen-bond donors (Lipinski definition) is 4. The molecule has 190 valence electrons. The Hall–Kier alpha value is -2.28. The molecular weight excluding hydrogens is 424 g/mol. The van der Waals surface area contributed by atoms with E-state index in [9.17, 15) is 9.59 Å². The molecule has 0 aliphatic rings. The average molecular weight is 467 g/mol. The summed E-state index contributed by atoms with van der Waals surface area (Å²) in [7, 11) is 12.7. The SMILES string of the molecule is C[N+](C)(C)CCCCC(N)C(=O)O.C[N+](C)(C)CCCCC(N)C(=O)O.O=C([O-])C(=O)[O-]. The van der Waals surface area contributed by atoms with E-state index in [-0.39, 0.29) is 0 Å². The van der Waals surface area contributed by atoms with Crippen molar-refractivity contribution in [3.63, 3.8) is 0 Å². The van der Waals surface area contributed by atoms with Gasteiger partial charge >= 0.3 is 11.9 Å². The molecule has 0 saturated carbocycles. The standard InChI is InChI=1S/2C9H20N2O2.C2H2O4/c2*1-11(2,3)7-5-4-6-8(10)9(12)13;3-1(4)2(5)6/h2*8H,4-7,10H2,1-3H3;(H,3,4)(H,5,6). The predicted molar refractivity (Wildman–Crippen MR) is 115 cm³/mol. The van der Waals surface area contributed by atoms with Gasteiger partial charge in [-0.15, -0.1) is 0 Å². The van der Waals surface area contributed by atoms with Crippen LogP contribution in [-0.2, 0) is 19.2 Å². The molecule has 0 fully saturated rings. The Balaban J connectivity index is -0.000000422. The van der Waals surface area contributed by atoms with Crippen LogP contribution in [0.5, 0.6) is 0 Å². The molecule has 0 saturated heterocycles. The zero-order valence-corrected chi connectivity index (χ0v) is 20.2. The molecule has 0 aromatic heterocycles. The Labute approximate surface area is 190 Å². The number of unbranched alkanes of at least 4 members (excludes halogenated alkanes) is 2. The first-order chi connectivity index (χ1) is 14.3. The topological polar surface area (TPSA) is 207 Å². The highest BCUT2D eigenvalue weighted by Crippen LogP contribution is 2.03. The highest BCUT2D eigenvalue weighted by atomic mass is 16.4. The van der Waals surface area contributed by atoms with Gasteiger partial charge in [-0.1, -0.05) is 0 Å². The maximum Gasteiger partial charge on any atom is 0.320 e. The number of carboxylic acid groups (broad SMARTS) is 4. The van der Waals surface area contributed by atoms with Crippen molar-refractivity contribution in [2.24, 2.45) is 11.5 Å². The molecule has 0 radical (unpaired) electrons. The zero-order chi connectivity index (χ0) is 26.1. The van der Waals surface area contributed by atoms with Crippen molar-refractivity contribution in [3.05, 3.63) is 0 Å². The second-order valence-electron chi connectivity index (χ2n) is 9.48. The van der Waals surface area contributed by atoms with Crippen LogP contribution in [0.25, 0.3) is 0 Å². The van der Waals surface area contributed by atoms with Crippen LogP contribution in [0.2, 0.25) is 0 Å². The molecule has 2 atom stereocenters. The lowest BCUT2D eigenvalue weighted by Gasteiger charge is -2.23. The molecule has 6 N–H and O–H groups in total. The van der Waals surface area contributed by atoms with E-state index in [0.29, 0.717) is 12.8 Å². The summed E-state index contributed by atoms with van der Waals surface area (Å²) in [4.78, 5) is 38.6. The van der Waals surface area contributed by atoms with Crippen LogP contribution in [-0.4, -0.2) is 111 Å². The van der Waals surface area contributed by atoms with Gasteiger partial charge in [0.05, 0.1) is 67.3 Å². The first-order valence-electron chi connectivity index (χ1n) is 10.3. The molecule has 0 amide bonds. The van der Waals surface area contributed by atoms with Gasteiger partial charge in [-0.2, -0.15) is 0 Å². The van der Waals surface area contributed by atoms with Crippen molar-refractivity contribution in [1.29, 1.82) is 0 Å². The van der Waals surface area contributed by atoms with Crippen LogP contribution in [0.15, 0.2) is 0 Å². The fourth-order valence-corrected chi connectivity index (χ4v) is 2.15. The van der Waals surface area contributed by atoms with Gasteiger partial charge in [-0.3, -0.25) is 9.59 Å². The molecule has 0 aromatic carbocycles. The minimum absolute atomic E-state index is 0.579. The second kappa shape index (κ2) is 17.3. The van der Waals surface area contributed by atoms with Crippen molar-refractivity contribution >= 4 is 23.9 Å². The summed E-state index contributed by atoms with van der Waals surface area (Å²) >= 11 is 0. The molecule has 0 rings (SSSR count). The van der Waals surface area contributed by atoms with Gasteiger partial charge in [-0.05, 0) is 38.5 Å². The van der Waals surface area contributed by atoms with Crippen LogP contribution in [0.4, 0.5) is 0 Å². The summed E-state index contributed by atoms with van der Waals surface area (Å²) in [5.74, 6) is -6.17. The molecule has 12 nitrogen and oxygen atoms in total. The number of nitrogens with two attached hydrogens (primary N) is 2. The minimum atomic E-state index is -2.19. The van der Waals surface area contributed by atoms with Gasteiger partial charge in [0, 0.05) is 0 Å². The quantitative estimate of drug-likeness (QED) is 0.130. The number of carboxylic acids is 4. The van der Waals surface area contributed by atoms with Crippen molar-refractivity contribution in [2.45, 2.75) is 50.6 Å². The van der Waals surface area contributed by atoms with E-state index in [2.05, 4.69) is 42.3 Å². The number of carbonyl (C=O) groups is 4. The number of quaternary nitrogens is 2. The van der Waals surface area contributed by atoms with Crippen molar-refractivity contribution in [1.82, 2.24) is 0 Å². The summed E-state index contributed by atoms with van der Waals surface area (Å²) < 4.78 is 1.84. The Kier molecular flexibility index (Phi) is 18.6. The second-order valence-corrected chi connectivity index (χ2v) is 9.48. The molecule has 0 aliphatic carbocycles. The lowest BCUT2D eigenvalue weighted by Crippen LogP contribution is -2.42. The summed E-state index contributed by atoms with van der Waals surface area (Å²) in [6.45, 7) is 2.12. The molecule has 0 aliphatic heterocycles. The number of carbonyl (C=O) groups excluding carboxylic acids is 2. The third-order valence-electron chi connectivity index (χ3n) is 3.99. The molecule has 0 spiro atoms. The van der Waals surface area contributed by atoms with Gasteiger partial charge in [0.15, 0.2) is 0 Å². The van der Waals surface area contributed by atoms with Gasteiger partial charge < -0.3 is 50.4 Å². The summed E-state index contributed by atoms with van der Waals surface area (Å²) in [5.41, 5.74) is 10.7. The lowest BCUT2D eigenvalue weighted by molar-refractivity contribution is -0.870. The summed E-state index contributed by atoms with van der Waals surface area (Å²) in [5, 5.41) is 34.9. The number of rotatable bonds is 12. The van der Waals surface area contributed by atoms with E-state index >= 15 is 0 Å². The van der Waals surface area contributed by atoms with Gasteiger partial charge in [0.2, 0.25) is 0 Å². The molecule has 12 heteroatoms. The van der Waals surface area contributed by atoms with Crippen LogP contribution in [0.3, 0.4) is 0 Å². The van der Waals surface area contributed by atoms with Crippen LogP contribution in [0.1, 0.15) is 38.5 Å². The molecule has 2 unspecified atom stereocenters. The van der Waals surface area contributed by atoms with E-state index in [1.165, 1.54) is 0 Å². The Morgan fingerprint density at radius 1 is 0.656 bits per heavy atom. The molecule has 32 heavy (non-hydrogen) atoms. The molecule has 0 bridgehead atoms. The lowest BCUT2D eigenvalue weighted by atomic mass is 10.1. The van der Waals surface area contributed by atoms with Crippen molar-refractivity contribution in [3.8, 4) is 0 Å². The smallest absolute Gasteiger partial charge is 0.320 e. The van der Waals surface area contributed by atoms with Gasteiger partial charge in [0.25, 0.3) is 0 Å². The summed E-state index contributed by atoms with van der Waals surface area (Å²) in [6.07, 6.45) is 5.01. The van der Waals surface area contributed by atoms with Crippen molar-refractivity contribution in [2.75, 3.05) is 55.4 Å². The number of aliphatic carboxylic acids is 4.